The predicted molar refractivity (Wildman–Crippen MR) is 124 cm³/mol. The molecule has 2 heterocycles. The number of amides is 1. The Morgan fingerprint density at radius 2 is 1.84 bits per heavy atom. The number of nitrogens with zero attached hydrogens (tertiary/aromatic N) is 3. The van der Waals surface area contributed by atoms with Gasteiger partial charge in [-0.1, -0.05) is 18.2 Å². The number of hydrogen-bond donors (Lipinski definition) is 0. The van der Waals surface area contributed by atoms with E-state index >= 15 is 0 Å². The Hall–Kier alpha value is -2.73. The zero-order valence-electron chi connectivity index (χ0n) is 18.9. The van der Waals surface area contributed by atoms with E-state index in [4.69, 9.17) is 9.47 Å². The number of aryl methyl sites for hydroxylation is 1. The van der Waals surface area contributed by atoms with Crippen molar-refractivity contribution in [1.82, 2.24) is 9.80 Å². The molecule has 0 aromatic heterocycles. The molecule has 2 aromatic carbocycles. The van der Waals surface area contributed by atoms with E-state index in [1.807, 2.05) is 29.2 Å². The van der Waals surface area contributed by atoms with Crippen LogP contribution >= 0.6 is 0 Å². The summed E-state index contributed by atoms with van der Waals surface area (Å²) in [5.74, 6) is 1.69. The number of methoxy groups -OCH3 is 2. The summed E-state index contributed by atoms with van der Waals surface area (Å²) in [7, 11) is 5.43. The number of benzene rings is 2. The van der Waals surface area contributed by atoms with Crippen molar-refractivity contribution in [2.24, 2.45) is 0 Å². The molecule has 0 radical (unpaired) electrons. The fraction of sp³-hybridized carbons (Fsp3) is 0.480. The quantitative estimate of drug-likeness (QED) is 0.653. The fourth-order valence-corrected chi connectivity index (χ4v) is 4.62. The minimum atomic E-state index is 0.176. The van der Waals surface area contributed by atoms with Gasteiger partial charge in [0.05, 0.1) is 25.5 Å². The van der Waals surface area contributed by atoms with E-state index in [1.165, 1.54) is 23.2 Å². The van der Waals surface area contributed by atoms with Crippen LogP contribution in [0.25, 0.3) is 0 Å². The summed E-state index contributed by atoms with van der Waals surface area (Å²) >= 11 is 0. The number of para-hydroxylation sites is 1. The van der Waals surface area contributed by atoms with Gasteiger partial charge >= 0.3 is 0 Å². The molecule has 2 aliphatic heterocycles. The van der Waals surface area contributed by atoms with E-state index in [0.29, 0.717) is 0 Å². The molecule has 0 bridgehead atoms. The third kappa shape index (κ3) is 4.64. The summed E-state index contributed by atoms with van der Waals surface area (Å²) in [6, 6.07) is 12.3. The molecule has 0 unspecified atom stereocenters. The Morgan fingerprint density at radius 1 is 1.00 bits per heavy atom. The van der Waals surface area contributed by atoms with Gasteiger partial charge in [-0.15, -0.1) is 0 Å². The van der Waals surface area contributed by atoms with Crippen molar-refractivity contribution >= 4 is 11.6 Å². The van der Waals surface area contributed by atoms with Gasteiger partial charge in [-0.2, -0.15) is 0 Å². The Kier molecular flexibility index (Phi) is 6.66. The third-order valence-corrected chi connectivity index (χ3v) is 6.45. The van der Waals surface area contributed by atoms with Gasteiger partial charge in [0.25, 0.3) is 5.91 Å². The van der Waals surface area contributed by atoms with Crippen molar-refractivity contribution in [1.29, 1.82) is 0 Å². The summed E-state index contributed by atoms with van der Waals surface area (Å²) in [5, 5.41) is 0. The number of likely N-dealkylation sites (N-methyl/N-ethyl adjacent to an activating group) is 1. The number of anilines is 1. The van der Waals surface area contributed by atoms with Crippen molar-refractivity contribution < 1.29 is 14.3 Å². The Labute approximate surface area is 185 Å². The van der Waals surface area contributed by atoms with Gasteiger partial charge in [0, 0.05) is 39.3 Å². The van der Waals surface area contributed by atoms with Crippen LogP contribution in [0.15, 0.2) is 36.4 Å². The van der Waals surface area contributed by atoms with Crippen LogP contribution in [0.3, 0.4) is 0 Å². The average Bonchev–Trinajstić information content (AvgIpc) is 2.94. The number of hydrogen-bond acceptors (Lipinski definition) is 5. The largest absolute Gasteiger partial charge is 0.493 e. The van der Waals surface area contributed by atoms with Crippen molar-refractivity contribution in [2.75, 3.05) is 65.4 Å². The smallest absolute Gasteiger partial charge is 0.256 e. The number of carbonyl (C=O) groups is 1. The lowest BCUT2D eigenvalue weighted by molar-refractivity contribution is 0.0752. The van der Waals surface area contributed by atoms with Crippen LogP contribution in [0.4, 0.5) is 5.69 Å². The first kappa shape index (κ1) is 21.5. The topological polar surface area (TPSA) is 45.2 Å². The van der Waals surface area contributed by atoms with Crippen molar-refractivity contribution in [3.63, 3.8) is 0 Å². The van der Waals surface area contributed by atoms with E-state index in [1.54, 1.807) is 14.2 Å². The van der Waals surface area contributed by atoms with Crippen molar-refractivity contribution in [2.45, 2.75) is 19.3 Å². The van der Waals surface area contributed by atoms with Gasteiger partial charge in [-0.25, -0.2) is 0 Å². The maximum Gasteiger partial charge on any atom is 0.256 e. The lowest BCUT2D eigenvalue weighted by Crippen LogP contribution is -2.40. The highest BCUT2D eigenvalue weighted by atomic mass is 16.5. The second-order valence-electron chi connectivity index (χ2n) is 8.44. The number of carbonyl (C=O) groups excluding carboxylic acids is 1. The molecule has 2 aliphatic rings. The maximum absolute atomic E-state index is 13.3. The molecule has 0 aliphatic carbocycles. The maximum atomic E-state index is 13.3. The zero-order chi connectivity index (χ0) is 21.8. The van der Waals surface area contributed by atoms with E-state index in [-0.39, 0.29) is 5.91 Å². The molecule has 4 rings (SSSR count). The molecular formula is C25H33N3O3. The van der Waals surface area contributed by atoms with E-state index < -0.39 is 0 Å². The monoisotopic (exact) mass is 423 g/mol. The highest BCUT2D eigenvalue weighted by Crippen LogP contribution is 2.33. The molecule has 0 fully saturated rings. The van der Waals surface area contributed by atoms with Crippen LogP contribution in [0.1, 0.15) is 27.9 Å². The fourth-order valence-electron chi connectivity index (χ4n) is 4.62. The van der Waals surface area contributed by atoms with Crippen LogP contribution in [0.5, 0.6) is 11.5 Å². The second kappa shape index (κ2) is 9.60. The van der Waals surface area contributed by atoms with Crippen LogP contribution in [0.2, 0.25) is 0 Å². The van der Waals surface area contributed by atoms with Gasteiger partial charge in [-0.3, -0.25) is 4.79 Å². The first-order chi connectivity index (χ1) is 15.1. The van der Waals surface area contributed by atoms with Crippen LogP contribution in [-0.2, 0) is 12.8 Å². The SMILES string of the molecule is COc1ccc(CCN(C)CCN2CCN3CCCc4cccc(c43)C2=O)cc1OC. The number of rotatable bonds is 8. The van der Waals surface area contributed by atoms with Gasteiger partial charge in [0.1, 0.15) is 0 Å². The average molecular weight is 424 g/mol. The molecular weight excluding hydrogens is 390 g/mol. The summed E-state index contributed by atoms with van der Waals surface area (Å²) < 4.78 is 10.7. The Balaban J connectivity index is 1.34. The molecule has 0 spiro atoms. The summed E-state index contributed by atoms with van der Waals surface area (Å²) in [4.78, 5) is 20.0. The number of ether oxygens (including phenoxy) is 2. The third-order valence-electron chi connectivity index (χ3n) is 6.45. The van der Waals surface area contributed by atoms with Crippen LogP contribution < -0.4 is 14.4 Å². The van der Waals surface area contributed by atoms with Crippen molar-refractivity contribution in [3.8, 4) is 11.5 Å². The molecule has 6 nitrogen and oxygen atoms in total. The molecule has 2 aromatic rings. The highest BCUT2D eigenvalue weighted by molar-refractivity contribution is 6.01. The minimum absolute atomic E-state index is 0.176. The lowest BCUT2D eigenvalue weighted by atomic mass is 9.97. The minimum Gasteiger partial charge on any atom is -0.493 e. The molecule has 0 atom stereocenters. The normalized spacial score (nSPS) is 15.7. The zero-order valence-corrected chi connectivity index (χ0v) is 18.9. The van der Waals surface area contributed by atoms with Crippen LogP contribution in [-0.4, -0.2) is 76.2 Å². The standard InChI is InChI=1S/C25H33N3O3/c1-26(13-11-19-9-10-22(30-2)23(18-19)31-3)14-15-28-17-16-27-12-5-7-20-6-4-8-21(24(20)27)25(28)29/h4,6,8-10,18H,5,7,11-17H2,1-3H3. The molecule has 166 valence electrons. The Bertz CT molecular complexity index is 930. The van der Waals surface area contributed by atoms with Gasteiger partial charge in [0.2, 0.25) is 0 Å². The second-order valence-corrected chi connectivity index (χ2v) is 8.44. The van der Waals surface area contributed by atoms with Crippen molar-refractivity contribution in [3.05, 3.63) is 53.1 Å². The van der Waals surface area contributed by atoms with E-state index in [9.17, 15) is 4.79 Å². The van der Waals surface area contributed by atoms with Crippen LogP contribution in [0, 0.1) is 0 Å². The molecule has 1 amide bonds. The predicted octanol–water partition coefficient (Wildman–Crippen LogP) is 3.09. The first-order valence-corrected chi connectivity index (χ1v) is 11.2. The molecule has 0 N–H and O–H groups in total. The molecule has 31 heavy (non-hydrogen) atoms. The molecule has 0 saturated heterocycles. The molecule has 6 heteroatoms. The van der Waals surface area contributed by atoms with Gasteiger partial charge in [0.15, 0.2) is 11.5 Å². The first-order valence-electron chi connectivity index (χ1n) is 11.2. The Morgan fingerprint density at radius 3 is 2.65 bits per heavy atom. The highest BCUT2D eigenvalue weighted by Gasteiger charge is 2.29. The van der Waals surface area contributed by atoms with Gasteiger partial charge < -0.3 is 24.2 Å². The van der Waals surface area contributed by atoms with E-state index in [2.05, 4.69) is 29.0 Å². The summed E-state index contributed by atoms with van der Waals surface area (Å²) in [5.41, 5.74) is 4.60. The summed E-state index contributed by atoms with van der Waals surface area (Å²) in [6.07, 6.45) is 3.17. The molecule has 0 saturated carbocycles. The van der Waals surface area contributed by atoms with Gasteiger partial charge in [-0.05, 0) is 55.6 Å². The van der Waals surface area contributed by atoms with E-state index in [0.717, 1.165) is 69.2 Å². The lowest BCUT2D eigenvalue weighted by Gasteiger charge is -2.30. The summed E-state index contributed by atoms with van der Waals surface area (Å²) in [6.45, 7) is 5.29.